The molecular weight excluding hydrogens is 444 g/mol. The predicted molar refractivity (Wildman–Crippen MR) is 125 cm³/mol. The molecule has 0 saturated carbocycles. The molecule has 4 heterocycles. The maximum atomic E-state index is 12.8. The van der Waals surface area contributed by atoms with Crippen molar-refractivity contribution in [3.8, 4) is 17.1 Å². The van der Waals surface area contributed by atoms with Crippen LogP contribution in [0.15, 0.2) is 24.4 Å². The topological polar surface area (TPSA) is 133 Å². The van der Waals surface area contributed by atoms with Gasteiger partial charge in [0.05, 0.1) is 30.8 Å². The smallest absolute Gasteiger partial charge is 0.220 e. The minimum atomic E-state index is -3.52. The third kappa shape index (κ3) is 3.55. The molecule has 2 N–H and O–H groups in total. The number of hydrogen-bond donors (Lipinski definition) is 1. The van der Waals surface area contributed by atoms with Crippen LogP contribution >= 0.6 is 0 Å². The number of anilines is 2. The van der Waals surface area contributed by atoms with Crippen LogP contribution in [0.3, 0.4) is 0 Å². The van der Waals surface area contributed by atoms with E-state index in [9.17, 15) is 8.42 Å². The van der Waals surface area contributed by atoms with Gasteiger partial charge in [0.25, 0.3) is 0 Å². The van der Waals surface area contributed by atoms with Crippen molar-refractivity contribution in [2.24, 2.45) is 0 Å². The maximum Gasteiger partial charge on any atom is 0.220 e. The first-order valence-electron chi connectivity index (χ1n) is 10.7. The molecular formula is C22H26N6O4S. The van der Waals surface area contributed by atoms with Gasteiger partial charge in [-0.15, -0.1) is 0 Å². The molecule has 3 aromatic rings. The number of hydrogen-bond acceptors (Lipinski definition) is 10. The van der Waals surface area contributed by atoms with E-state index in [4.69, 9.17) is 25.2 Å². The van der Waals surface area contributed by atoms with Crippen LogP contribution in [-0.2, 0) is 19.3 Å². The van der Waals surface area contributed by atoms with Crippen molar-refractivity contribution in [3.63, 3.8) is 0 Å². The van der Waals surface area contributed by atoms with Crippen molar-refractivity contribution in [2.75, 3.05) is 36.7 Å². The Morgan fingerprint density at radius 1 is 1.15 bits per heavy atom. The lowest BCUT2D eigenvalue weighted by Gasteiger charge is -2.45. The van der Waals surface area contributed by atoms with E-state index >= 15 is 0 Å². The second-order valence-electron chi connectivity index (χ2n) is 9.09. The standard InChI is InChI=1S/C22H26N6O4S/c1-12-9-31-10-15-11-32-17-18(22(2,3)33(4,29)30)26-19(27-20(17)28(12)15)13-5-6-16-14(7-13)8-24-21(23)25-16/h5-8,12,15H,9-11H2,1-4H3,(H2,23,24,25)/t12-,15+/m1/s1. The fraction of sp³-hybridized carbons (Fsp3) is 0.455. The Morgan fingerprint density at radius 2 is 1.94 bits per heavy atom. The lowest BCUT2D eigenvalue weighted by atomic mass is 10.0. The SMILES string of the molecule is C[C@@H]1COC[C@H]2COc3c(nc(-c4ccc5nc(N)ncc5c4)nc3C(C)(C)S(C)(=O)=O)N21. The predicted octanol–water partition coefficient (Wildman–Crippen LogP) is 1.93. The summed E-state index contributed by atoms with van der Waals surface area (Å²) in [5, 5.41) is 0.779. The van der Waals surface area contributed by atoms with Crippen molar-refractivity contribution >= 4 is 32.5 Å². The molecule has 174 valence electrons. The van der Waals surface area contributed by atoms with E-state index in [-0.39, 0.29) is 18.0 Å². The fourth-order valence-electron chi connectivity index (χ4n) is 4.23. The number of nitrogen functional groups attached to an aromatic ring is 1. The molecule has 0 unspecified atom stereocenters. The van der Waals surface area contributed by atoms with Crippen LogP contribution < -0.4 is 15.4 Å². The summed E-state index contributed by atoms with van der Waals surface area (Å²) in [6, 6.07) is 5.58. The second kappa shape index (κ2) is 7.49. The van der Waals surface area contributed by atoms with E-state index in [1.54, 1.807) is 20.0 Å². The highest BCUT2D eigenvalue weighted by Crippen LogP contribution is 2.44. The summed E-state index contributed by atoms with van der Waals surface area (Å²) in [6.45, 7) is 6.79. The normalized spacial score (nSPS) is 20.8. The summed E-state index contributed by atoms with van der Waals surface area (Å²) in [5.74, 6) is 1.60. The molecule has 1 aromatic carbocycles. The van der Waals surface area contributed by atoms with Gasteiger partial charge in [0.15, 0.2) is 27.2 Å². The number of benzene rings is 1. The summed E-state index contributed by atoms with van der Waals surface area (Å²) in [5.41, 5.74) is 7.46. The van der Waals surface area contributed by atoms with Gasteiger partial charge in [-0.2, -0.15) is 0 Å². The van der Waals surface area contributed by atoms with Crippen LogP contribution in [-0.4, -0.2) is 66.5 Å². The zero-order chi connectivity index (χ0) is 23.5. The molecule has 2 aromatic heterocycles. The average Bonchev–Trinajstić information content (AvgIpc) is 2.77. The third-order valence-corrected chi connectivity index (χ3v) is 8.45. The van der Waals surface area contributed by atoms with E-state index in [1.807, 2.05) is 18.2 Å². The van der Waals surface area contributed by atoms with Crippen molar-refractivity contribution < 1.29 is 17.9 Å². The van der Waals surface area contributed by atoms with E-state index in [2.05, 4.69) is 21.8 Å². The van der Waals surface area contributed by atoms with Crippen LogP contribution in [0, 0.1) is 0 Å². The molecule has 0 radical (unpaired) electrons. The lowest BCUT2D eigenvalue weighted by Crippen LogP contribution is -2.56. The number of sulfone groups is 1. The van der Waals surface area contributed by atoms with Crippen LogP contribution in [0.4, 0.5) is 11.8 Å². The minimum absolute atomic E-state index is 0.00817. The number of aromatic nitrogens is 4. The third-order valence-electron chi connectivity index (χ3n) is 6.40. The number of fused-ring (bicyclic) bond motifs is 4. The molecule has 33 heavy (non-hydrogen) atoms. The lowest BCUT2D eigenvalue weighted by molar-refractivity contribution is 0.0482. The van der Waals surface area contributed by atoms with E-state index in [0.717, 1.165) is 5.39 Å². The zero-order valence-corrected chi connectivity index (χ0v) is 19.8. The molecule has 1 fully saturated rings. The molecule has 0 aliphatic carbocycles. The van der Waals surface area contributed by atoms with Gasteiger partial charge >= 0.3 is 0 Å². The van der Waals surface area contributed by atoms with Gasteiger partial charge < -0.3 is 20.1 Å². The molecule has 0 spiro atoms. The van der Waals surface area contributed by atoms with E-state index < -0.39 is 14.6 Å². The van der Waals surface area contributed by atoms with Gasteiger partial charge in [-0.1, -0.05) is 0 Å². The van der Waals surface area contributed by atoms with Gasteiger partial charge in [0, 0.05) is 23.4 Å². The number of nitrogens with two attached hydrogens (primary N) is 1. The van der Waals surface area contributed by atoms with Gasteiger partial charge in [0.1, 0.15) is 17.0 Å². The Kier molecular flexibility index (Phi) is 4.94. The number of morpholine rings is 1. The van der Waals surface area contributed by atoms with Crippen molar-refractivity contribution in [2.45, 2.75) is 37.6 Å². The summed E-state index contributed by atoms with van der Waals surface area (Å²) in [7, 11) is -3.52. The number of rotatable bonds is 3. The minimum Gasteiger partial charge on any atom is -0.486 e. The molecule has 1 saturated heterocycles. The molecule has 10 nitrogen and oxygen atoms in total. The van der Waals surface area contributed by atoms with Crippen molar-refractivity contribution in [3.05, 3.63) is 30.1 Å². The molecule has 11 heteroatoms. The highest BCUT2D eigenvalue weighted by Gasteiger charge is 2.43. The monoisotopic (exact) mass is 470 g/mol. The second-order valence-corrected chi connectivity index (χ2v) is 11.7. The van der Waals surface area contributed by atoms with Crippen LogP contribution in [0.2, 0.25) is 0 Å². The Balaban J connectivity index is 1.75. The highest BCUT2D eigenvalue weighted by molar-refractivity contribution is 7.91. The molecule has 0 amide bonds. The Labute approximate surface area is 192 Å². The van der Waals surface area contributed by atoms with Gasteiger partial charge in [-0.3, -0.25) is 0 Å². The van der Waals surface area contributed by atoms with Gasteiger partial charge in [0.2, 0.25) is 5.95 Å². The first kappa shape index (κ1) is 21.8. The van der Waals surface area contributed by atoms with Gasteiger partial charge in [-0.05, 0) is 39.0 Å². The maximum absolute atomic E-state index is 12.8. The first-order valence-corrected chi connectivity index (χ1v) is 12.6. The Hall–Kier alpha value is -3.05. The molecule has 2 aliphatic rings. The van der Waals surface area contributed by atoms with Crippen molar-refractivity contribution in [1.82, 2.24) is 19.9 Å². The van der Waals surface area contributed by atoms with Crippen LogP contribution in [0.1, 0.15) is 26.5 Å². The van der Waals surface area contributed by atoms with Gasteiger partial charge in [-0.25, -0.2) is 28.4 Å². The summed E-state index contributed by atoms with van der Waals surface area (Å²) >= 11 is 0. The Morgan fingerprint density at radius 3 is 2.70 bits per heavy atom. The molecule has 2 aliphatic heterocycles. The Bertz CT molecular complexity index is 1360. The quantitative estimate of drug-likeness (QED) is 0.605. The molecule has 5 rings (SSSR count). The first-order chi connectivity index (χ1) is 15.6. The summed E-state index contributed by atoms with van der Waals surface area (Å²) in [6.07, 6.45) is 2.85. The van der Waals surface area contributed by atoms with Crippen LogP contribution in [0.5, 0.6) is 5.75 Å². The van der Waals surface area contributed by atoms with E-state index in [1.165, 1.54) is 6.26 Å². The molecule has 2 atom stereocenters. The summed E-state index contributed by atoms with van der Waals surface area (Å²) < 4.78 is 36.0. The largest absolute Gasteiger partial charge is 0.486 e. The highest BCUT2D eigenvalue weighted by atomic mass is 32.2. The average molecular weight is 471 g/mol. The number of ether oxygens (including phenoxy) is 2. The van der Waals surface area contributed by atoms with E-state index in [0.29, 0.717) is 54.0 Å². The van der Waals surface area contributed by atoms with Crippen LogP contribution in [0.25, 0.3) is 22.3 Å². The van der Waals surface area contributed by atoms with Crippen molar-refractivity contribution in [1.29, 1.82) is 0 Å². The number of nitrogens with zero attached hydrogens (tertiary/aromatic N) is 5. The summed E-state index contributed by atoms with van der Waals surface area (Å²) in [4.78, 5) is 20.1. The molecule has 0 bridgehead atoms. The fourth-order valence-corrected chi connectivity index (χ4v) is 4.72. The zero-order valence-electron chi connectivity index (χ0n) is 18.9.